The van der Waals surface area contributed by atoms with Gasteiger partial charge >= 0.3 is 0 Å². The first-order valence-electron chi connectivity index (χ1n) is 19.6. The summed E-state index contributed by atoms with van der Waals surface area (Å²) in [4.78, 5) is 0. The Morgan fingerprint density at radius 2 is 0.526 bits per heavy atom. The van der Waals surface area contributed by atoms with E-state index in [1.165, 1.54) is 87.7 Å². The van der Waals surface area contributed by atoms with Gasteiger partial charge in [0, 0.05) is 49.4 Å². The zero-order chi connectivity index (χ0) is 37.5. The molecule has 266 valence electrons. The zero-order valence-electron chi connectivity index (χ0n) is 31.0. The topological polar surface area (TPSA) is 14.8 Å². The predicted octanol–water partition coefficient (Wildman–Crippen LogP) is 14.3. The number of para-hydroxylation sites is 4. The Labute approximate surface area is 329 Å². The fraction of sp³-hybridized carbons (Fsp3) is 0. The molecule has 0 unspecified atom stereocenters. The molecule has 3 aromatic heterocycles. The van der Waals surface area contributed by atoms with Crippen molar-refractivity contribution >= 4 is 65.4 Å². The van der Waals surface area contributed by atoms with Crippen LogP contribution in [0.5, 0.6) is 0 Å². The van der Waals surface area contributed by atoms with Gasteiger partial charge in [-0.3, -0.25) is 0 Å². The zero-order valence-corrected chi connectivity index (χ0v) is 31.0. The number of aromatic nitrogens is 3. The van der Waals surface area contributed by atoms with Crippen LogP contribution in [0.2, 0.25) is 0 Å². The lowest BCUT2D eigenvalue weighted by Crippen LogP contribution is -1.97. The number of rotatable bonds is 5. The van der Waals surface area contributed by atoms with E-state index in [1.54, 1.807) is 0 Å². The lowest BCUT2D eigenvalue weighted by molar-refractivity contribution is 1.14. The minimum atomic E-state index is 1.14. The summed E-state index contributed by atoms with van der Waals surface area (Å²) in [5.41, 5.74) is 15.5. The highest BCUT2D eigenvalue weighted by molar-refractivity contribution is 6.13. The van der Waals surface area contributed by atoms with Crippen molar-refractivity contribution in [2.75, 3.05) is 0 Å². The van der Waals surface area contributed by atoms with E-state index < -0.39 is 0 Å². The standard InChI is InChI=1S/C54H35N3/c1-2-12-36(13-3-1)37-22-26-40(27-23-37)56-52-21-11-7-17-46(52)48-34-38(25-33-53(48)56)39-24-32-47-45-16-6-10-20-51(45)57(54(47)35-39)42-30-28-41(29-31-42)55-49-18-8-4-14-43(49)44-15-5-9-19-50(44)55/h1-35H. The molecule has 0 aliphatic carbocycles. The van der Waals surface area contributed by atoms with Crippen molar-refractivity contribution < 1.29 is 0 Å². The molecule has 0 aliphatic rings. The van der Waals surface area contributed by atoms with E-state index in [0.29, 0.717) is 0 Å². The smallest absolute Gasteiger partial charge is 0.0547 e. The van der Waals surface area contributed by atoms with Crippen LogP contribution < -0.4 is 0 Å². The van der Waals surface area contributed by atoms with Gasteiger partial charge in [-0.15, -0.1) is 0 Å². The summed E-state index contributed by atoms with van der Waals surface area (Å²) in [6.45, 7) is 0. The van der Waals surface area contributed by atoms with Crippen LogP contribution in [0.1, 0.15) is 0 Å². The van der Waals surface area contributed by atoms with Gasteiger partial charge in [0.1, 0.15) is 0 Å². The predicted molar refractivity (Wildman–Crippen MR) is 240 cm³/mol. The van der Waals surface area contributed by atoms with Gasteiger partial charge < -0.3 is 13.7 Å². The number of hydrogen-bond donors (Lipinski definition) is 0. The Balaban J connectivity index is 0.983. The third kappa shape index (κ3) is 4.86. The van der Waals surface area contributed by atoms with Gasteiger partial charge in [0.2, 0.25) is 0 Å². The van der Waals surface area contributed by atoms with Crippen LogP contribution in [-0.4, -0.2) is 13.7 Å². The van der Waals surface area contributed by atoms with Gasteiger partial charge in [0.15, 0.2) is 0 Å². The largest absolute Gasteiger partial charge is 0.309 e. The van der Waals surface area contributed by atoms with Crippen molar-refractivity contribution in [1.82, 2.24) is 13.7 Å². The average Bonchev–Trinajstić information content (AvgIpc) is 3.92. The number of hydrogen-bond acceptors (Lipinski definition) is 0. The molecule has 0 bridgehead atoms. The minimum absolute atomic E-state index is 1.14. The Kier molecular flexibility index (Phi) is 6.93. The summed E-state index contributed by atoms with van der Waals surface area (Å²) < 4.78 is 7.20. The number of fused-ring (bicyclic) bond motifs is 9. The quantitative estimate of drug-likeness (QED) is 0.168. The number of benzene rings is 9. The van der Waals surface area contributed by atoms with Gasteiger partial charge in [0.25, 0.3) is 0 Å². The van der Waals surface area contributed by atoms with Crippen molar-refractivity contribution in [1.29, 1.82) is 0 Å². The lowest BCUT2D eigenvalue weighted by atomic mass is 10.0. The summed E-state index contributed by atoms with van der Waals surface area (Å²) >= 11 is 0. The summed E-state index contributed by atoms with van der Waals surface area (Å²) in [6, 6.07) is 77.4. The molecule has 3 heteroatoms. The Bertz CT molecular complexity index is 3440. The van der Waals surface area contributed by atoms with E-state index >= 15 is 0 Å². The van der Waals surface area contributed by atoms with E-state index in [-0.39, 0.29) is 0 Å². The number of nitrogens with zero attached hydrogens (tertiary/aromatic N) is 3. The minimum Gasteiger partial charge on any atom is -0.309 e. The molecule has 0 spiro atoms. The molecule has 0 aliphatic heterocycles. The van der Waals surface area contributed by atoms with Gasteiger partial charge in [-0.1, -0.05) is 133 Å². The molecular weight excluding hydrogens is 691 g/mol. The summed E-state index contributed by atoms with van der Waals surface area (Å²) in [6.07, 6.45) is 0. The first kappa shape index (κ1) is 31.7. The molecule has 0 atom stereocenters. The maximum atomic E-state index is 2.42. The van der Waals surface area contributed by atoms with Crippen LogP contribution in [0.25, 0.3) is 105 Å². The van der Waals surface area contributed by atoms with Crippen molar-refractivity contribution in [2.45, 2.75) is 0 Å². The monoisotopic (exact) mass is 725 g/mol. The molecule has 0 amide bonds. The second-order valence-electron chi connectivity index (χ2n) is 15.0. The van der Waals surface area contributed by atoms with Crippen LogP contribution in [0.4, 0.5) is 0 Å². The molecular formula is C54H35N3. The molecule has 0 fully saturated rings. The molecule has 0 N–H and O–H groups in total. The van der Waals surface area contributed by atoms with Crippen molar-refractivity contribution in [3.8, 4) is 39.3 Å². The van der Waals surface area contributed by atoms with Gasteiger partial charge in [-0.2, -0.15) is 0 Å². The van der Waals surface area contributed by atoms with Crippen LogP contribution >= 0.6 is 0 Å². The summed E-state index contributed by atoms with van der Waals surface area (Å²) in [7, 11) is 0. The average molecular weight is 726 g/mol. The van der Waals surface area contributed by atoms with Crippen LogP contribution in [0, 0.1) is 0 Å². The Morgan fingerprint density at radius 1 is 0.193 bits per heavy atom. The first-order valence-corrected chi connectivity index (χ1v) is 19.6. The fourth-order valence-corrected chi connectivity index (χ4v) is 9.24. The SMILES string of the molecule is c1ccc(-c2ccc(-n3c4ccccc4c4cc(-c5ccc6c7ccccc7n(-c7ccc(-n8c9ccccc9c9ccccc98)cc7)c6c5)ccc43)cc2)cc1. The summed E-state index contributed by atoms with van der Waals surface area (Å²) in [5, 5.41) is 7.54. The maximum Gasteiger partial charge on any atom is 0.0547 e. The highest BCUT2D eigenvalue weighted by Gasteiger charge is 2.17. The maximum absolute atomic E-state index is 2.42. The van der Waals surface area contributed by atoms with Gasteiger partial charge in [-0.05, 0) is 101 Å². The molecule has 3 heterocycles. The van der Waals surface area contributed by atoms with Crippen LogP contribution in [0.3, 0.4) is 0 Å². The van der Waals surface area contributed by atoms with Crippen molar-refractivity contribution in [2.24, 2.45) is 0 Å². The first-order chi connectivity index (χ1) is 28.3. The molecule has 0 radical (unpaired) electrons. The highest BCUT2D eigenvalue weighted by atomic mass is 15.0. The molecule has 12 rings (SSSR count). The van der Waals surface area contributed by atoms with E-state index in [2.05, 4.69) is 226 Å². The highest BCUT2D eigenvalue weighted by Crippen LogP contribution is 2.39. The molecule has 12 aromatic rings. The molecule has 0 saturated heterocycles. The molecule has 0 saturated carbocycles. The summed E-state index contributed by atoms with van der Waals surface area (Å²) in [5.74, 6) is 0. The van der Waals surface area contributed by atoms with Crippen molar-refractivity contribution in [3.63, 3.8) is 0 Å². The van der Waals surface area contributed by atoms with E-state index in [9.17, 15) is 0 Å². The van der Waals surface area contributed by atoms with E-state index in [1.807, 2.05) is 0 Å². The van der Waals surface area contributed by atoms with Gasteiger partial charge in [-0.25, -0.2) is 0 Å². The fourth-order valence-electron chi connectivity index (χ4n) is 9.24. The van der Waals surface area contributed by atoms with Crippen LogP contribution in [0.15, 0.2) is 212 Å². The van der Waals surface area contributed by atoms with Crippen LogP contribution in [-0.2, 0) is 0 Å². The molecule has 57 heavy (non-hydrogen) atoms. The molecule has 9 aromatic carbocycles. The third-order valence-corrected chi connectivity index (χ3v) is 11.9. The second-order valence-corrected chi connectivity index (χ2v) is 15.0. The Hall–Kier alpha value is -7.62. The van der Waals surface area contributed by atoms with E-state index in [4.69, 9.17) is 0 Å². The second kappa shape index (κ2) is 12.5. The third-order valence-electron chi connectivity index (χ3n) is 11.9. The normalized spacial score (nSPS) is 11.9. The molecule has 3 nitrogen and oxygen atoms in total. The lowest BCUT2D eigenvalue weighted by Gasteiger charge is -2.12. The van der Waals surface area contributed by atoms with Gasteiger partial charge in [0.05, 0.1) is 33.1 Å². The Morgan fingerprint density at radius 3 is 1.05 bits per heavy atom. The van der Waals surface area contributed by atoms with Crippen molar-refractivity contribution in [3.05, 3.63) is 212 Å². The van der Waals surface area contributed by atoms with E-state index in [0.717, 1.165) is 17.1 Å².